The van der Waals surface area contributed by atoms with Crippen LogP contribution in [0.2, 0.25) is 0 Å². The van der Waals surface area contributed by atoms with Crippen LogP contribution in [0.3, 0.4) is 0 Å². The Bertz CT molecular complexity index is 425. The van der Waals surface area contributed by atoms with Crippen LogP contribution in [0, 0.1) is 6.92 Å². The molecule has 1 heterocycles. The van der Waals surface area contributed by atoms with Gasteiger partial charge in [0.25, 0.3) is 0 Å². The minimum absolute atomic E-state index is 0. The van der Waals surface area contributed by atoms with E-state index >= 15 is 0 Å². The number of hydrogen-bond donors (Lipinski definition) is 2. The van der Waals surface area contributed by atoms with Gasteiger partial charge in [-0.2, -0.15) is 0 Å². The maximum Gasteiger partial charge on any atom is 0.321 e. The molecule has 2 amide bonds. The van der Waals surface area contributed by atoms with E-state index in [0.29, 0.717) is 6.04 Å². The molecule has 2 N–H and O–H groups in total. The van der Waals surface area contributed by atoms with Crippen LogP contribution in [0.1, 0.15) is 18.4 Å². The number of aryl methyl sites for hydroxylation is 1. The van der Waals surface area contributed by atoms with Gasteiger partial charge in [0.05, 0.1) is 0 Å². The van der Waals surface area contributed by atoms with Gasteiger partial charge in [0.15, 0.2) is 0 Å². The van der Waals surface area contributed by atoms with E-state index in [-0.39, 0.29) is 18.4 Å². The molecule has 0 aliphatic carbocycles. The Morgan fingerprint density at radius 1 is 1.37 bits per heavy atom. The lowest BCUT2D eigenvalue weighted by molar-refractivity contribution is 0.187. The molecule has 1 saturated heterocycles. The van der Waals surface area contributed by atoms with Gasteiger partial charge in [0.2, 0.25) is 0 Å². The molecule has 1 aromatic carbocycles. The zero-order valence-electron chi connectivity index (χ0n) is 11.5. The van der Waals surface area contributed by atoms with E-state index in [1.165, 1.54) is 0 Å². The van der Waals surface area contributed by atoms with Crippen molar-refractivity contribution >= 4 is 24.1 Å². The summed E-state index contributed by atoms with van der Waals surface area (Å²) in [6, 6.07) is 8.28. The fraction of sp³-hybridized carbons (Fsp3) is 0.500. The summed E-state index contributed by atoms with van der Waals surface area (Å²) in [5.74, 6) is 0. The summed E-state index contributed by atoms with van der Waals surface area (Å²) >= 11 is 0. The molecular formula is C14H22ClN3O. The quantitative estimate of drug-likeness (QED) is 0.876. The molecule has 5 heteroatoms. The molecule has 0 bridgehead atoms. The standard InChI is InChI=1S/C14H21N3O.ClH/c1-11-6-3-4-8-13(11)16-14(18)17-9-5-7-12(10-17)15-2;/h3-4,6,8,12,15H,5,7,9-10H2,1-2H3,(H,16,18);1H. The second-order valence-electron chi connectivity index (χ2n) is 4.82. The zero-order chi connectivity index (χ0) is 13.0. The van der Waals surface area contributed by atoms with Gasteiger partial charge in [0.1, 0.15) is 0 Å². The van der Waals surface area contributed by atoms with Crippen molar-refractivity contribution in [2.24, 2.45) is 0 Å². The van der Waals surface area contributed by atoms with E-state index < -0.39 is 0 Å². The molecule has 19 heavy (non-hydrogen) atoms. The van der Waals surface area contributed by atoms with Crippen molar-refractivity contribution in [1.82, 2.24) is 10.2 Å². The molecule has 0 aromatic heterocycles. The average molecular weight is 284 g/mol. The largest absolute Gasteiger partial charge is 0.323 e. The Morgan fingerprint density at radius 2 is 2.11 bits per heavy atom. The number of hydrogen-bond acceptors (Lipinski definition) is 2. The molecule has 106 valence electrons. The third-order valence-electron chi connectivity index (χ3n) is 3.50. The Morgan fingerprint density at radius 3 is 2.79 bits per heavy atom. The first-order chi connectivity index (χ1) is 8.70. The molecule has 1 aliphatic heterocycles. The average Bonchev–Trinajstić information content (AvgIpc) is 2.41. The van der Waals surface area contributed by atoms with Crippen LogP contribution in [-0.2, 0) is 0 Å². The van der Waals surface area contributed by atoms with Gasteiger partial charge in [-0.15, -0.1) is 12.4 Å². The molecule has 2 rings (SSSR count). The monoisotopic (exact) mass is 283 g/mol. The van der Waals surface area contributed by atoms with Gasteiger partial charge < -0.3 is 15.5 Å². The Balaban J connectivity index is 0.00000180. The first-order valence-corrected chi connectivity index (χ1v) is 6.49. The van der Waals surface area contributed by atoms with Crippen molar-refractivity contribution < 1.29 is 4.79 Å². The number of nitrogens with one attached hydrogen (secondary N) is 2. The number of nitrogens with zero attached hydrogens (tertiary/aromatic N) is 1. The zero-order valence-corrected chi connectivity index (χ0v) is 12.3. The number of para-hydroxylation sites is 1. The predicted octanol–water partition coefficient (Wildman–Crippen LogP) is 2.63. The van der Waals surface area contributed by atoms with E-state index in [2.05, 4.69) is 10.6 Å². The van der Waals surface area contributed by atoms with Crippen LogP contribution < -0.4 is 10.6 Å². The molecule has 1 aromatic rings. The number of likely N-dealkylation sites (tertiary alicyclic amines) is 1. The second-order valence-corrected chi connectivity index (χ2v) is 4.82. The topological polar surface area (TPSA) is 44.4 Å². The number of benzene rings is 1. The van der Waals surface area contributed by atoms with E-state index in [0.717, 1.165) is 37.2 Å². The highest BCUT2D eigenvalue weighted by molar-refractivity contribution is 5.90. The molecule has 1 atom stereocenters. The lowest BCUT2D eigenvalue weighted by Gasteiger charge is -2.32. The Kier molecular flexibility index (Phi) is 6.12. The van der Waals surface area contributed by atoms with Crippen LogP contribution in [0.4, 0.5) is 10.5 Å². The lowest BCUT2D eigenvalue weighted by atomic mass is 10.1. The number of halogens is 1. The van der Waals surface area contributed by atoms with Gasteiger partial charge in [-0.1, -0.05) is 18.2 Å². The van der Waals surface area contributed by atoms with E-state index in [1.807, 2.05) is 43.1 Å². The molecule has 1 fully saturated rings. The number of likely N-dealkylation sites (N-methyl/N-ethyl adjacent to an activating group) is 1. The molecule has 0 spiro atoms. The van der Waals surface area contributed by atoms with Crippen LogP contribution in [-0.4, -0.2) is 37.1 Å². The summed E-state index contributed by atoms with van der Waals surface area (Å²) in [6.45, 7) is 3.63. The normalized spacial score (nSPS) is 18.6. The minimum Gasteiger partial charge on any atom is -0.323 e. The first kappa shape index (κ1) is 15.8. The van der Waals surface area contributed by atoms with Gasteiger partial charge in [-0.05, 0) is 38.4 Å². The van der Waals surface area contributed by atoms with Gasteiger partial charge >= 0.3 is 6.03 Å². The number of anilines is 1. The van der Waals surface area contributed by atoms with Crippen molar-refractivity contribution in [1.29, 1.82) is 0 Å². The number of piperidine rings is 1. The molecule has 0 saturated carbocycles. The minimum atomic E-state index is 0. The van der Waals surface area contributed by atoms with Crippen molar-refractivity contribution in [3.8, 4) is 0 Å². The van der Waals surface area contributed by atoms with Crippen LogP contribution in [0.5, 0.6) is 0 Å². The Labute approximate surface area is 121 Å². The highest BCUT2D eigenvalue weighted by Crippen LogP contribution is 2.16. The first-order valence-electron chi connectivity index (χ1n) is 6.49. The van der Waals surface area contributed by atoms with Crippen LogP contribution in [0.25, 0.3) is 0 Å². The number of amides is 2. The van der Waals surface area contributed by atoms with E-state index in [4.69, 9.17) is 0 Å². The number of rotatable bonds is 2. The lowest BCUT2D eigenvalue weighted by Crippen LogP contribution is -2.48. The van der Waals surface area contributed by atoms with Gasteiger partial charge in [-0.25, -0.2) is 4.79 Å². The van der Waals surface area contributed by atoms with Crippen molar-refractivity contribution in [3.63, 3.8) is 0 Å². The fourth-order valence-corrected chi connectivity index (χ4v) is 2.30. The van der Waals surface area contributed by atoms with E-state index in [1.54, 1.807) is 0 Å². The van der Waals surface area contributed by atoms with E-state index in [9.17, 15) is 4.79 Å². The highest BCUT2D eigenvalue weighted by Gasteiger charge is 2.22. The van der Waals surface area contributed by atoms with Gasteiger partial charge in [-0.3, -0.25) is 0 Å². The van der Waals surface area contributed by atoms with Crippen LogP contribution >= 0.6 is 12.4 Å². The SMILES string of the molecule is CNC1CCCN(C(=O)Nc2ccccc2C)C1.Cl. The third-order valence-corrected chi connectivity index (χ3v) is 3.50. The van der Waals surface area contributed by atoms with Crippen molar-refractivity contribution in [2.75, 3.05) is 25.5 Å². The van der Waals surface area contributed by atoms with Crippen LogP contribution in [0.15, 0.2) is 24.3 Å². The fourth-order valence-electron chi connectivity index (χ4n) is 2.30. The number of carbonyl (C=O) groups excluding carboxylic acids is 1. The molecule has 0 radical (unpaired) electrons. The summed E-state index contributed by atoms with van der Waals surface area (Å²) in [7, 11) is 1.95. The summed E-state index contributed by atoms with van der Waals surface area (Å²) in [6.07, 6.45) is 2.21. The maximum absolute atomic E-state index is 12.2. The third kappa shape index (κ3) is 4.11. The van der Waals surface area contributed by atoms with Gasteiger partial charge in [0, 0.05) is 24.8 Å². The van der Waals surface area contributed by atoms with Crippen molar-refractivity contribution in [2.45, 2.75) is 25.8 Å². The Hall–Kier alpha value is -1.26. The summed E-state index contributed by atoms with van der Waals surface area (Å²) in [5.41, 5.74) is 1.99. The maximum atomic E-state index is 12.2. The molecule has 1 unspecified atom stereocenters. The predicted molar refractivity (Wildman–Crippen MR) is 81.1 cm³/mol. The summed E-state index contributed by atoms with van der Waals surface area (Å²) in [5, 5.41) is 6.23. The highest BCUT2D eigenvalue weighted by atomic mass is 35.5. The van der Waals surface area contributed by atoms with Crippen molar-refractivity contribution in [3.05, 3.63) is 29.8 Å². The smallest absolute Gasteiger partial charge is 0.321 e. The molecule has 4 nitrogen and oxygen atoms in total. The molecule has 1 aliphatic rings. The summed E-state index contributed by atoms with van der Waals surface area (Å²) < 4.78 is 0. The second kappa shape index (κ2) is 7.36. The number of urea groups is 1. The molecular weight excluding hydrogens is 262 g/mol. The number of carbonyl (C=O) groups is 1. The summed E-state index contributed by atoms with van der Waals surface area (Å²) in [4.78, 5) is 14.1.